The number of fused-ring (bicyclic) bond motifs is 1. The maximum atomic E-state index is 12.9. The van der Waals surface area contributed by atoms with Crippen molar-refractivity contribution >= 4 is 23.5 Å². The van der Waals surface area contributed by atoms with E-state index in [9.17, 15) is 9.59 Å². The van der Waals surface area contributed by atoms with Crippen molar-refractivity contribution in [3.63, 3.8) is 0 Å². The van der Waals surface area contributed by atoms with E-state index in [2.05, 4.69) is 15.7 Å². The number of aryl methyl sites for hydroxylation is 1. The molecular formula is C22H26N6O3. The molecule has 9 nitrogen and oxygen atoms in total. The number of amides is 3. The fourth-order valence-electron chi connectivity index (χ4n) is 4.81. The van der Waals surface area contributed by atoms with E-state index in [1.165, 1.54) is 0 Å². The molecule has 2 N–H and O–H groups in total. The minimum absolute atomic E-state index is 0.0148. The molecule has 2 aromatic rings. The second-order valence-electron chi connectivity index (χ2n) is 8.65. The standard InChI is InChI=1S/C22H26N6O3/c1-27-12-14(11-24-27)15-3-4-17(31-2)16-9-18(25-20(15)16)26-21(30)28-7-5-22(6-8-28)10-19(29)23-13-22/h3-4,11-12H,5-10,13H2,1-2H3,(H,23,29)(H,25,26,30). The van der Waals surface area contributed by atoms with Crippen molar-refractivity contribution in [2.75, 3.05) is 26.7 Å². The highest BCUT2D eigenvalue weighted by molar-refractivity contribution is 6.04. The fraction of sp³-hybridized carbons (Fsp3) is 0.455. The first-order chi connectivity index (χ1) is 15.0. The lowest BCUT2D eigenvalue weighted by atomic mass is 9.78. The van der Waals surface area contributed by atoms with E-state index in [1.807, 2.05) is 30.3 Å². The molecule has 5 rings (SSSR count). The van der Waals surface area contributed by atoms with Crippen LogP contribution in [0.4, 0.5) is 10.5 Å². The van der Waals surface area contributed by atoms with Crippen LogP contribution in [0, 0.1) is 5.41 Å². The Morgan fingerprint density at radius 1 is 1.29 bits per heavy atom. The van der Waals surface area contributed by atoms with Crippen molar-refractivity contribution in [3.05, 3.63) is 30.1 Å². The number of urea groups is 1. The molecule has 162 valence electrons. The topological polar surface area (TPSA) is 101 Å². The van der Waals surface area contributed by atoms with Crippen LogP contribution in [0.2, 0.25) is 0 Å². The second kappa shape index (κ2) is 7.40. The number of methoxy groups -OCH3 is 1. The Kier molecular flexibility index (Phi) is 4.68. The summed E-state index contributed by atoms with van der Waals surface area (Å²) in [5.74, 6) is 1.50. The summed E-state index contributed by atoms with van der Waals surface area (Å²) < 4.78 is 7.29. The van der Waals surface area contributed by atoms with E-state index in [0.717, 1.165) is 47.5 Å². The van der Waals surface area contributed by atoms with Crippen molar-refractivity contribution in [2.45, 2.75) is 25.7 Å². The summed E-state index contributed by atoms with van der Waals surface area (Å²) in [4.78, 5) is 31.1. The van der Waals surface area contributed by atoms with E-state index in [1.54, 1.807) is 18.0 Å². The molecule has 0 atom stereocenters. The van der Waals surface area contributed by atoms with Gasteiger partial charge in [0.1, 0.15) is 11.6 Å². The first-order valence-corrected chi connectivity index (χ1v) is 10.6. The maximum absolute atomic E-state index is 12.9. The number of benzene rings is 1. The van der Waals surface area contributed by atoms with Crippen LogP contribution in [-0.2, 0) is 18.3 Å². The molecule has 1 spiro atoms. The number of nitrogens with zero attached hydrogens (tertiary/aromatic N) is 4. The zero-order valence-corrected chi connectivity index (χ0v) is 17.8. The zero-order valence-electron chi connectivity index (χ0n) is 17.8. The van der Waals surface area contributed by atoms with Crippen molar-refractivity contribution in [3.8, 4) is 16.9 Å². The lowest BCUT2D eigenvalue weighted by Crippen LogP contribution is -2.49. The number of nitrogens with one attached hydrogen (secondary N) is 2. The molecule has 0 radical (unpaired) electrons. The molecule has 31 heavy (non-hydrogen) atoms. The molecule has 0 bridgehead atoms. The van der Waals surface area contributed by atoms with E-state index in [-0.39, 0.29) is 17.4 Å². The third kappa shape index (κ3) is 3.54. The predicted octanol–water partition coefficient (Wildman–Crippen LogP) is 1.99. The number of ether oxygens (including phenoxy) is 1. The Morgan fingerprint density at radius 2 is 2.10 bits per heavy atom. The van der Waals surface area contributed by atoms with Crippen LogP contribution >= 0.6 is 0 Å². The summed E-state index contributed by atoms with van der Waals surface area (Å²) in [5, 5.41) is 10.2. The molecular weight excluding hydrogens is 396 g/mol. The smallest absolute Gasteiger partial charge is 0.322 e. The first kappa shape index (κ1) is 19.6. The highest BCUT2D eigenvalue weighted by Crippen LogP contribution is 2.42. The van der Waals surface area contributed by atoms with Crippen LogP contribution < -0.4 is 15.4 Å². The van der Waals surface area contributed by atoms with Crippen LogP contribution in [0.15, 0.2) is 29.5 Å². The van der Waals surface area contributed by atoms with Crippen molar-refractivity contribution < 1.29 is 14.3 Å². The van der Waals surface area contributed by atoms with Crippen LogP contribution in [0.25, 0.3) is 11.1 Å². The minimum atomic E-state index is -0.138. The average molecular weight is 422 g/mol. The number of amidine groups is 1. The van der Waals surface area contributed by atoms with Gasteiger partial charge in [-0.25, -0.2) is 9.79 Å². The number of aromatic nitrogens is 2. The van der Waals surface area contributed by atoms with Crippen molar-refractivity contribution in [1.82, 2.24) is 25.3 Å². The van der Waals surface area contributed by atoms with Gasteiger partial charge in [-0.05, 0) is 30.4 Å². The van der Waals surface area contributed by atoms with Gasteiger partial charge < -0.3 is 15.0 Å². The van der Waals surface area contributed by atoms with Gasteiger partial charge in [0.2, 0.25) is 5.91 Å². The van der Waals surface area contributed by atoms with Gasteiger partial charge in [-0.2, -0.15) is 5.10 Å². The quantitative estimate of drug-likeness (QED) is 0.773. The Bertz CT molecular complexity index is 1080. The Balaban J connectivity index is 1.31. The number of likely N-dealkylation sites (tertiary alicyclic amines) is 1. The normalized spacial score (nSPS) is 19.2. The van der Waals surface area contributed by atoms with E-state index >= 15 is 0 Å². The van der Waals surface area contributed by atoms with Gasteiger partial charge >= 0.3 is 6.03 Å². The van der Waals surface area contributed by atoms with Crippen LogP contribution in [0.3, 0.4) is 0 Å². The summed E-state index contributed by atoms with van der Waals surface area (Å²) >= 11 is 0. The van der Waals surface area contributed by atoms with Crippen molar-refractivity contribution in [2.24, 2.45) is 17.5 Å². The first-order valence-electron chi connectivity index (χ1n) is 10.6. The number of hydrogen-bond donors (Lipinski definition) is 2. The lowest BCUT2D eigenvalue weighted by molar-refractivity contribution is -0.119. The molecule has 0 aliphatic carbocycles. The molecule has 3 amide bonds. The van der Waals surface area contributed by atoms with Crippen LogP contribution in [-0.4, -0.2) is 59.2 Å². The Morgan fingerprint density at radius 3 is 2.74 bits per heavy atom. The summed E-state index contributed by atoms with van der Waals surface area (Å²) in [7, 11) is 3.52. The fourth-order valence-corrected chi connectivity index (χ4v) is 4.81. The van der Waals surface area contributed by atoms with Crippen LogP contribution in [0.5, 0.6) is 5.75 Å². The summed E-state index contributed by atoms with van der Waals surface area (Å²) in [6.07, 6.45) is 6.51. The number of carbonyl (C=O) groups is 2. The summed E-state index contributed by atoms with van der Waals surface area (Å²) in [6.45, 7) is 2.01. The number of piperidine rings is 1. The second-order valence-corrected chi connectivity index (χ2v) is 8.65. The molecule has 1 aromatic carbocycles. The van der Waals surface area contributed by atoms with Gasteiger partial charge in [0.15, 0.2) is 0 Å². The molecule has 1 aromatic heterocycles. The number of carbonyl (C=O) groups excluding carboxylic acids is 2. The van der Waals surface area contributed by atoms with Gasteiger partial charge in [-0.1, -0.05) is 0 Å². The highest BCUT2D eigenvalue weighted by Gasteiger charge is 2.41. The molecule has 0 saturated carbocycles. The predicted molar refractivity (Wildman–Crippen MR) is 115 cm³/mol. The third-order valence-corrected chi connectivity index (χ3v) is 6.63. The monoisotopic (exact) mass is 422 g/mol. The van der Waals surface area contributed by atoms with E-state index in [0.29, 0.717) is 31.8 Å². The van der Waals surface area contributed by atoms with Crippen LogP contribution in [0.1, 0.15) is 24.8 Å². The molecule has 9 heteroatoms. The summed E-state index contributed by atoms with van der Waals surface area (Å²) in [6, 6.07) is 3.77. The Hall–Kier alpha value is -3.36. The molecule has 3 aliphatic heterocycles. The van der Waals surface area contributed by atoms with E-state index < -0.39 is 0 Å². The van der Waals surface area contributed by atoms with Gasteiger partial charge in [-0.3, -0.25) is 14.8 Å². The average Bonchev–Trinajstić information content (AvgIpc) is 3.46. The molecule has 0 unspecified atom stereocenters. The maximum Gasteiger partial charge on any atom is 0.322 e. The molecule has 4 heterocycles. The Labute approximate surface area is 180 Å². The molecule has 2 fully saturated rings. The number of rotatable bonds is 2. The molecule has 3 aliphatic rings. The van der Waals surface area contributed by atoms with Crippen molar-refractivity contribution in [1.29, 1.82) is 0 Å². The SMILES string of the molecule is COc1ccc(-c2cnn(C)c2)c2c1CC(NC(=O)N1CCC3(CC1)CNC(=O)C3)=N2. The van der Waals surface area contributed by atoms with E-state index in [4.69, 9.17) is 9.73 Å². The van der Waals surface area contributed by atoms with Gasteiger partial charge in [-0.15, -0.1) is 0 Å². The molecule has 2 saturated heterocycles. The van der Waals surface area contributed by atoms with Gasteiger partial charge in [0.05, 0.1) is 19.0 Å². The van der Waals surface area contributed by atoms with Gasteiger partial charge in [0.25, 0.3) is 0 Å². The summed E-state index contributed by atoms with van der Waals surface area (Å²) in [5.41, 5.74) is 3.73. The third-order valence-electron chi connectivity index (χ3n) is 6.63. The van der Waals surface area contributed by atoms with Gasteiger partial charge in [0, 0.05) is 62.4 Å². The zero-order chi connectivity index (χ0) is 21.6. The largest absolute Gasteiger partial charge is 0.496 e. The minimum Gasteiger partial charge on any atom is -0.496 e. The highest BCUT2D eigenvalue weighted by atomic mass is 16.5. The number of aliphatic imine (C=N–C) groups is 1. The number of hydrogen-bond acceptors (Lipinski definition) is 5. The lowest BCUT2D eigenvalue weighted by Gasteiger charge is -2.38.